The number of aromatic nitrogens is 3. The second-order valence-electron chi connectivity index (χ2n) is 5.87. The van der Waals surface area contributed by atoms with E-state index in [0.717, 1.165) is 22.2 Å². The first-order valence-corrected chi connectivity index (χ1v) is 9.89. The smallest absolute Gasteiger partial charge is 0.269 e. The van der Waals surface area contributed by atoms with Gasteiger partial charge in [0.25, 0.3) is 5.91 Å². The van der Waals surface area contributed by atoms with Gasteiger partial charge in [-0.3, -0.25) is 10.1 Å². The van der Waals surface area contributed by atoms with Crippen molar-refractivity contribution in [2.45, 2.75) is 40.7 Å². The lowest BCUT2D eigenvalue weighted by Crippen LogP contribution is -2.11. The minimum Gasteiger partial charge on any atom is -0.486 e. The molecule has 6 nitrogen and oxygen atoms in total. The van der Waals surface area contributed by atoms with Crippen LogP contribution in [0.1, 0.15) is 43.4 Å². The molecule has 0 radical (unpaired) electrons. The van der Waals surface area contributed by atoms with Gasteiger partial charge in [-0.05, 0) is 50.5 Å². The fraction of sp³-hybridized carbons (Fsp3) is 0.333. The highest BCUT2D eigenvalue weighted by atomic mass is 32.1. The minimum atomic E-state index is -0.212. The summed E-state index contributed by atoms with van der Waals surface area (Å²) in [7, 11) is 0. The van der Waals surface area contributed by atoms with Gasteiger partial charge in [0, 0.05) is 0 Å². The summed E-state index contributed by atoms with van der Waals surface area (Å²) in [4.78, 5) is 17.5. The van der Waals surface area contributed by atoms with Gasteiger partial charge < -0.3 is 4.74 Å². The van der Waals surface area contributed by atoms with E-state index in [1.807, 2.05) is 32.0 Å². The number of hydrogen-bond donors (Lipinski definition) is 1. The number of ether oxygens (including phenoxy) is 1. The van der Waals surface area contributed by atoms with Crippen molar-refractivity contribution in [3.8, 4) is 5.75 Å². The molecule has 0 aliphatic carbocycles. The lowest BCUT2D eigenvalue weighted by Gasteiger charge is -2.06. The van der Waals surface area contributed by atoms with Gasteiger partial charge in [-0.1, -0.05) is 24.3 Å². The van der Waals surface area contributed by atoms with Gasteiger partial charge in [-0.25, -0.2) is 4.98 Å². The highest BCUT2D eigenvalue weighted by Crippen LogP contribution is 2.23. The predicted octanol–water partition coefficient (Wildman–Crippen LogP) is 4.31. The molecule has 0 unspecified atom stereocenters. The van der Waals surface area contributed by atoms with Crippen LogP contribution in [0.3, 0.4) is 0 Å². The second-order valence-corrected chi connectivity index (χ2v) is 8.01. The second kappa shape index (κ2) is 7.92. The van der Waals surface area contributed by atoms with Crippen LogP contribution in [-0.4, -0.2) is 21.1 Å². The number of nitrogens with one attached hydrogen (secondary N) is 1. The molecule has 2 heterocycles. The predicted molar refractivity (Wildman–Crippen MR) is 104 cm³/mol. The van der Waals surface area contributed by atoms with Crippen molar-refractivity contribution in [2.75, 3.05) is 5.32 Å². The molecule has 0 saturated heterocycles. The first-order chi connectivity index (χ1) is 12.5. The van der Waals surface area contributed by atoms with Gasteiger partial charge in [-0.2, -0.15) is 0 Å². The maximum atomic E-state index is 12.5. The number of anilines is 1. The van der Waals surface area contributed by atoms with E-state index in [0.29, 0.717) is 22.3 Å². The van der Waals surface area contributed by atoms with Gasteiger partial charge in [0.15, 0.2) is 0 Å². The topological polar surface area (TPSA) is 77.0 Å². The van der Waals surface area contributed by atoms with Crippen molar-refractivity contribution in [1.82, 2.24) is 15.2 Å². The zero-order chi connectivity index (χ0) is 18.7. The van der Waals surface area contributed by atoms with Crippen molar-refractivity contribution >= 4 is 33.7 Å². The third kappa shape index (κ3) is 4.25. The summed E-state index contributed by atoms with van der Waals surface area (Å²) in [6.45, 7) is 8.27. The Balaban J connectivity index is 1.66. The lowest BCUT2D eigenvalue weighted by atomic mass is 10.1. The number of rotatable bonds is 6. The van der Waals surface area contributed by atoms with Crippen LogP contribution in [0.15, 0.2) is 18.2 Å². The van der Waals surface area contributed by atoms with Crippen LogP contribution in [0.5, 0.6) is 5.75 Å². The Hall–Kier alpha value is -2.32. The highest BCUT2D eigenvalue weighted by Gasteiger charge is 2.17. The van der Waals surface area contributed by atoms with Crippen LogP contribution in [-0.2, 0) is 13.0 Å². The van der Waals surface area contributed by atoms with E-state index >= 15 is 0 Å². The van der Waals surface area contributed by atoms with Crippen LogP contribution < -0.4 is 10.1 Å². The molecule has 8 heteroatoms. The summed E-state index contributed by atoms with van der Waals surface area (Å²) in [6.07, 6.45) is 0.799. The molecule has 1 N–H and O–H groups in total. The van der Waals surface area contributed by atoms with Crippen LogP contribution in [0.4, 0.5) is 5.13 Å². The van der Waals surface area contributed by atoms with Crippen molar-refractivity contribution in [3.63, 3.8) is 0 Å². The normalized spacial score (nSPS) is 10.8. The molecule has 0 aliphatic rings. The molecule has 1 aromatic carbocycles. The Kier molecular flexibility index (Phi) is 5.63. The van der Waals surface area contributed by atoms with Crippen LogP contribution >= 0.6 is 22.7 Å². The van der Waals surface area contributed by atoms with E-state index < -0.39 is 0 Å². The molecule has 26 heavy (non-hydrogen) atoms. The number of carbonyl (C=O) groups is 1. The number of aryl methyl sites for hydroxylation is 4. The molecule has 1 amide bonds. The SMILES string of the molecule is CCc1nnc(NC(=O)c2sc(COc3ccc(C)c(C)c3)nc2C)s1. The molecule has 0 saturated carbocycles. The number of hydrogen-bond acceptors (Lipinski definition) is 7. The standard InChI is InChI=1S/C18H20N4O2S2/c1-5-14-21-22-18(26-14)20-17(23)16-12(4)19-15(25-16)9-24-13-7-6-10(2)11(3)8-13/h6-8H,5,9H2,1-4H3,(H,20,22,23). The van der Waals surface area contributed by atoms with Gasteiger partial charge in [0.05, 0.1) is 5.69 Å². The summed E-state index contributed by atoms with van der Waals surface area (Å²) in [5.41, 5.74) is 3.09. The first-order valence-electron chi connectivity index (χ1n) is 8.26. The Morgan fingerprint density at radius 2 is 1.92 bits per heavy atom. The summed E-state index contributed by atoms with van der Waals surface area (Å²) in [5.74, 6) is 0.587. The molecule has 0 atom stereocenters. The molecule has 0 bridgehead atoms. The van der Waals surface area contributed by atoms with Gasteiger partial charge >= 0.3 is 0 Å². The number of thiazole rings is 1. The van der Waals surface area contributed by atoms with Crippen LogP contribution in [0, 0.1) is 20.8 Å². The first kappa shape index (κ1) is 18.5. The van der Waals surface area contributed by atoms with Crippen molar-refractivity contribution in [3.05, 3.63) is 49.9 Å². The monoisotopic (exact) mass is 388 g/mol. The molecule has 0 fully saturated rings. The van der Waals surface area contributed by atoms with Gasteiger partial charge in [0.1, 0.15) is 27.2 Å². The fourth-order valence-corrected chi connectivity index (χ4v) is 3.82. The van der Waals surface area contributed by atoms with E-state index in [1.54, 1.807) is 0 Å². The molecule has 3 aromatic rings. The van der Waals surface area contributed by atoms with E-state index in [2.05, 4.69) is 34.3 Å². The third-order valence-corrected chi connectivity index (χ3v) is 5.99. The lowest BCUT2D eigenvalue weighted by molar-refractivity contribution is 0.102. The molecule has 2 aromatic heterocycles. The molecule has 0 spiro atoms. The van der Waals surface area contributed by atoms with Crippen LogP contribution in [0.25, 0.3) is 0 Å². The van der Waals surface area contributed by atoms with Gasteiger partial charge in [0.2, 0.25) is 5.13 Å². The number of amides is 1. The van der Waals surface area contributed by atoms with Crippen molar-refractivity contribution < 1.29 is 9.53 Å². The van der Waals surface area contributed by atoms with Crippen LogP contribution in [0.2, 0.25) is 0 Å². The van der Waals surface area contributed by atoms with E-state index in [9.17, 15) is 4.79 Å². The minimum absolute atomic E-state index is 0.212. The molecular formula is C18H20N4O2S2. The molecule has 136 valence electrons. The molecule has 3 rings (SSSR count). The number of benzene rings is 1. The summed E-state index contributed by atoms with van der Waals surface area (Å²) in [5, 5.41) is 12.9. The van der Waals surface area contributed by atoms with Gasteiger partial charge in [-0.15, -0.1) is 21.5 Å². The summed E-state index contributed by atoms with van der Waals surface area (Å²) >= 11 is 2.72. The number of carbonyl (C=O) groups excluding carboxylic acids is 1. The van der Waals surface area contributed by atoms with E-state index in [-0.39, 0.29) is 5.91 Å². The Bertz CT molecular complexity index is 933. The quantitative estimate of drug-likeness (QED) is 0.681. The zero-order valence-electron chi connectivity index (χ0n) is 15.1. The van der Waals surface area contributed by atoms with Crippen molar-refractivity contribution in [2.24, 2.45) is 0 Å². The maximum absolute atomic E-state index is 12.5. The third-order valence-electron chi connectivity index (χ3n) is 3.88. The average molecular weight is 389 g/mol. The average Bonchev–Trinajstić information content (AvgIpc) is 3.22. The Morgan fingerprint density at radius 1 is 1.12 bits per heavy atom. The fourth-order valence-electron chi connectivity index (χ4n) is 2.27. The molecule has 0 aliphatic heterocycles. The Labute approximate surface area is 160 Å². The Morgan fingerprint density at radius 3 is 2.62 bits per heavy atom. The summed E-state index contributed by atoms with van der Waals surface area (Å²) < 4.78 is 5.81. The largest absolute Gasteiger partial charge is 0.486 e. The summed E-state index contributed by atoms with van der Waals surface area (Å²) in [6, 6.07) is 5.98. The maximum Gasteiger partial charge on any atom is 0.269 e. The highest BCUT2D eigenvalue weighted by molar-refractivity contribution is 7.16. The molecular weight excluding hydrogens is 368 g/mol. The zero-order valence-corrected chi connectivity index (χ0v) is 16.8. The van der Waals surface area contributed by atoms with Crippen molar-refractivity contribution in [1.29, 1.82) is 0 Å². The number of nitrogens with zero attached hydrogens (tertiary/aromatic N) is 3. The van der Waals surface area contributed by atoms with E-state index in [1.165, 1.54) is 33.8 Å². The van der Waals surface area contributed by atoms with E-state index in [4.69, 9.17) is 4.74 Å².